The predicted octanol–water partition coefficient (Wildman–Crippen LogP) is 3.50. The summed E-state index contributed by atoms with van der Waals surface area (Å²) in [4.78, 5) is 0. The summed E-state index contributed by atoms with van der Waals surface area (Å²) in [5, 5.41) is 0.733. The third-order valence-electron chi connectivity index (χ3n) is 2.66. The molecule has 17 heavy (non-hydrogen) atoms. The summed E-state index contributed by atoms with van der Waals surface area (Å²) in [7, 11) is 1.67. The van der Waals surface area contributed by atoms with Crippen molar-refractivity contribution in [1.29, 1.82) is 0 Å². The summed E-state index contributed by atoms with van der Waals surface area (Å²) >= 11 is 5.84. The zero-order chi connectivity index (χ0) is 12.3. The Labute approximate surface area is 106 Å². The largest absolute Gasteiger partial charge is 0.501 e. The first-order valence-electron chi connectivity index (χ1n) is 5.36. The van der Waals surface area contributed by atoms with Crippen LogP contribution in [0.15, 0.2) is 53.4 Å². The molecule has 1 aliphatic carbocycles. The highest BCUT2D eigenvalue weighted by molar-refractivity contribution is 6.30. The number of hydrogen-bond donors (Lipinski definition) is 1. The van der Waals surface area contributed by atoms with Gasteiger partial charge in [-0.2, -0.15) is 0 Å². The van der Waals surface area contributed by atoms with E-state index in [0.29, 0.717) is 0 Å². The summed E-state index contributed by atoms with van der Waals surface area (Å²) in [5.74, 6) is 0.916. The molecule has 0 bridgehead atoms. The first-order chi connectivity index (χ1) is 8.19. The molecule has 0 aliphatic heterocycles. The van der Waals surface area contributed by atoms with Crippen molar-refractivity contribution in [3.63, 3.8) is 0 Å². The van der Waals surface area contributed by atoms with Crippen LogP contribution in [-0.2, 0) is 4.74 Å². The summed E-state index contributed by atoms with van der Waals surface area (Å²) in [6, 6.07) is 7.66. The first kappa shape index (κ1) is 11.8. The third kappa shape index (κ3) is 2.92. The Morgan fingerprint density at radius 1 is 1.24 bits per heavy atom. The second-order valence-electron chi connectivity index (χ2n) is 3.86. The van der Waals surface area contributed by atoms with Crippen molar-refractivity contribution in [3.05, 3.63) is 64.0 Å². The molecule has 0 heterocycles. The molecule has 2 nitrogen and oxygen atoms in total. The Morgan fingerprint density at radius 2 is 1.94 bits per heavy atom. The molecule has 3 heteroatoms. The fourth-order valence-electron chi connectivity index (χ4n) is 1.67. The Kier molecular flexibility index (Phi) is 3.55. The molecule has 1 aromatic rings. The average Bonchev–Trinajstić information content (AvgIpc) is 2.35. The number of nitrogens with two attached hydrogens (primary N) is 1. The predicted molar refractivity (Wildman–Crippen MR) is 71.4 cm³/mol. The van der Waals surface area contributed by atoms with Crippen molar-refractivity contribution >= 4 is 17.7 Å². The third-order valence-corrected chi connectivity index (χ3v) is 2.91. The lowest BCUT2D eigenvalue weighted by atomic mass is 10.00. The number of halogens is 1. The number of hydrogen-bond acceptors (Lipinski definition) is 2. The molecule has 0 saturated carbocycles. The van der Waals surface area contributed by atoms with E-state index in [9.17, 15) is 0 Å². The maximum atomic E-state index is 5.94. The van der Waals surface area contributed by atoms with Crippen molar-refractivity contribution < 1.29 is 4.74 Å². The van der Waals surface area contributed by atoms with Gasteiger partial charge in [-0.05, 0) is 41.5 Å². The van der Waals surface area contributed by atoms with Crippen molar-refractivity contribution in [3.8, 4) is 0 Å². The van der Waals surface area contributed by atoms with E-state index in [1.54, 1.807) is 7.11 Å². The van der Waals surface area contributed by atoms with E-state index < -0.39 is 0 Å². The van der Waals surface area contributed by atoms with Gasteiger partial charge in [0.15, 0.2) is 0 Å². The van der Waals surface area contributed by atoms with Crippen LogP contribution < -0.4 is 5.73 Å². The molecule has 1 aromatic carbocycles. The van der Waals surface area contributed by atoms with E-state index in [1.807, 2.05) is 42.5 Å². The first-order valence-corrected chi connectivity index (χ1v) is 5.73. The number of methoxy groups -OCH3 is 1. The van der Waals surface area contributed by atoms with Crippen LogP contribution in [-0.4, -0.2) is 7.11 Å². The standard InChI is InChI=1S/C14H14ClNO/c1-17-13-6-7-14(16)11(9-13)8-10-2-4-12(15)5-3-10/h2-8H,9,16H2,1H3. The van der Waals surface area contributed by atoms with Gasteiger partial charge in [-0.1, -0.05) is 23.7 Å². The van der Waals surface area contributed by atoms with Crippen LogP contribution >= 0.6 is 11.6 Å². The van der Waals surface area contributed by atoms with Gasteiger partial charge >= 0.3 is 0 Å². The number of ether oxygens (including phenoxy) is 1. The highest BCUT2D eigenvalue weighted by Gasteiger charge is 2.09. The van der Waals surface area contributed by atoms with Crippen molar-refractivity contribution in [2.75, 3.05) is 7.11 Å². The molecule has 0 atom stereocenters. The Bertz CT molecular complexity index is 497. The highest BCUT2D eigenvalue weighted by atomic mass is 35.5. The van der Waals surface area contributed by atoms with Crippen LogP contribution in [0, 0.1) is 0 Å². The zero-order valence-corrected chi connectivity index (χ0v) is 10.4. The van der Waals surface area contributed by atoms with Gasteiger partial charge in [0, 0.05) is 17.1 Å². The van der Waals surface area contributed by atoms with Gasteiger partial charge < -0.3 is 10.5 Å². The monoisotopic (exact) mass is 247 g/mol. The maximum Gasteiger partial charge on any atom is 0.100 e. The molecular formula is C14H14ClNO. The van der Waals surface area contributed by atoms with Crippen LogP contribution in [0.1, 0.15) is 12.0 Å². The van der Waals surface area contributed by atoms with Crippen LogP contribution in [0.4, 0.5) is 0 Å². The molecular weight excluding hydrogens is 234 g/mol. The van der Waals surface area contributed by atoms with E-state index in [0.717, 1.165) is 34.0 Å². The molecule has 2 N–H and O–H groups in total. The summed E-state index contributed by atoms with van der Waals surface area (Å²) in [6.45, 7) is 0. The lowest BCUT2D eigenvalue weighted by molar-refractivity contribution is 0.282. The zero-order valence-electron chi connectivity index (χ0n) is 9.61. The Morgan fingerprint density at radius 3 is 2.59 bits per heavy atom. The number of allylic oxidation sites excluding steroid dienone is 4. The van der Waals surface area contributed by atoms with Gasteiger partial charge in [0.2, 0.25) is 0 Å². The van der Waals surface area contributed by atoms with Crippen LogP contribution in [0.2, 0.25) is 5.02 Å². The van der Waals surface area contributed by atoms with Gasteiger partial charge in [0.05, 0.1) is 7.11 Å². The molecule has 88 valence electrons. The molecule has 0 fully saturated rings. The molecule has 0 saturated heterocycles. The quantitative estimate of drug-likeness (QED) is 0.868. The smallest absolute Gasteiger partial charge is 0.100 e. The topological polar surface area (TPSA) is 35.2 Å². The second kappa shape index (κ2) is 5.11. The van der Waals surface area contributed by atoms with Gasteiger partial charge in [-0.25, -0.2) is 0 Å². The summed E-state index contributed by atoms with van der Waals surface area (Å²) in [5.41, 5.74) is 8.86. The van der Waals surface area contributed by atoms with Crippen molar-refractivity contribution in [2.45, 2.75) is 6.42 Å². The van der Waals surface area contributed by atoms with Crippen molar-refractivity contribution in [2.24, 2.45) is 5.73 Å². The van der Waals surface area contributed by atoms with Crippen LogP contribution in [0.5, 0.6) is 0 Å². The van der Waals surface area contributed by atoms with E-state index in [1.165, 1.54) is 0 Å². The van der Waals surface area contributed by atoms with E-state index in [-0.39, 0.29) is 0 Å². The summed E-state index contributed by atoms with van der Waals surface area (Å²) in [6.07, 6.45) is 6.54. The van der Waals surface area contributed by atoms with E-state index in [2.05, 4.69) is 0 Å². The summed E-state index contributed by atoms with van der Waals surface area (Å²) < 4.78 is 5.23. The molecule has 0 spiro atoms. The fraction of sp³-hybridized carbons (Fsp3) is 0.143. The van der Waals surface area contributed by atoms with Crippen molar-refractivity contribution in [1.82, 2.24) is 0 Å². The van der Waals surface area contributed by atoms with Gasteiger partial charge in [-0.3, -0.25) is 0 Å². The molecule has 2 rings (SSSR count). The van der Waals surface area contributed by atoms with Gasteiger partial charge in [-0.15, -0.1) is 0 Å². The number of benzene rings is 1. The van der Waals surface area contributed by atoms with E-state index in [4.69, 9.17) is 22.1 Å². The van der Waals surface area contributed by atoms with Crippen LogP contribution in [0.25, 0.3) is 6.08 Å². The Balaban J connectivity index is 2.26. The molecule has 0 radical (unpaired) electrons. The van der Waals surface area contributed by atoms with Gasteiger partial charge in [0.1, 0.15) is 5.76 Å². The van der Waals surface area contributed by atoms with E-state index >= 15 is 0 Å². The maximum absolute atomic E-state index is 5.94. The minimum absolute atomic E-state index is 0.724. The second-order valence-corrected chi connectivity index (χ2v) is 4.29. The normalized spacial score (nSPS) is 17.6. The molecule has 1 aliphatic rings. The highest BCUT2D eigenvalue weighted by Crippen LogP contribution is 2.24. The Hall–Kier alpha value is -1.67. The molecule has 0 amide bonds. The number of rotatable bonds is 2. The van der Waals surface area contributed by atoms with Crippen LogP contribution in [0.3, 0.4) is 0 Å². The fourth-order valence-corrected chi connectivity index (χ4v) is 1.80. The molecule has 0 aromatic heterocycles. The van der Waals surface area contributed by atoms with Gasteiger partial charge in [0.25, 0.3) is 0 Å². The SMILES string of the molecule is COC1=CC=C(N)C(=Cc2ccc(Cl)cc2)C1. The molecule has 0 unspecified atom stereocenters. The minimum Gasteiger partial charge on any atom is -0.501 e. The average molecular weight is 248 g/mol. The lowest BCUT2D eigenvalue weighted by Gasteiger charge is -2.14. The minimum atomic E-state index is 0.724. The lowest BCUT2D eigenvalue weighted by Crippen LogP contribution is -2.06.